The molecular formula is C12H16BrClN2O. The van der Waals surface area contributed by atoms with Crippen molar-refractivity contribution in [1.29, 1.82) is 0 Å². The first-order chi connectivity index (χ1) is 7.99. The second-order valence-corrected chi connectivity index (χ2v) is 5.33. The van der Waals surface area contributed by atoms with Crippen molar-refractivity contribution in [2.45, 2.75) is 32.2 Å². The van der Waals surface area contributed by atoms with E-state index in [0.29, 0.717) is 17.1 Å². The predicted octanol–water partition coefficient (Wildman–Crippen LogP) is 3.56. The van der Waals surface area contributed by atoms with E-state index in [9.17, 15) is 4.79 Å². The van der Waals surface area contributed by atoms with Crippen LogP contribution < -0.4 is 11.1 Å². The van der Waals surface area contributed by atoms with Gasteiger partial charge >= 0.3 is 0 Å². The van der Waals surface area contributed by atoms with Crippen LogP contribution in [0.1, 0.15) is 26.2 Å². The molecule has 0 radical (unpaired) electrons. The normalized spacial score (nSPS) is 12.2. The Labute approximate surface area is 115 Å². The molecule has 0 aliphatic rings. The van der Waals surface area contributed by atoms with Crippen molar-refractivity contribution in [2.24, 2.45) is 5.73 Å². The number of rotatable bonds is 5. The minimum absolute atomic E-state index is 0.0198. The van der Waals surface area contributed by atoms with E-state index in [1.807, 2.05) is 6.92 Å². The number of nitrogens with one attached hydrogen (secondary N) is 1. The molecule has 0 fully saturated rings. The fraction of sp³-hybridized carbons (Fsp3) is 0.417. The van der Waals surface area contributed by atoms with Gasteiger partial charge in [0.05, 0.1) is 5.69 Å². The van der Waals surface area contributed by atoms with Gasteiger partial charge in [-0.15, -0.1) is 0 Å². The van der Waals surface area contributed by atoms with Gasteiger partial charge in [-0.05, 0) is 53.9 Å². The number of carbonyl (C=O) groups excluding carboxylic acids is 1. The van der Waals surface area contributed by atoms with Gasteiger partial charge in [-0.1, -0.05) is 11.6 Å². The van der Waals surface area contributed by atoms with Gasteiger partial charge < -0.3 is 11.1 Å². The molecule has 3 nitrogen and oxygen atoms in total. The Hall–Kier alpha value is -0.580. The predicted molar refractivity (Wildman–Crippen MR) is 75.3 cm³/mol. The maximum Gasteiger partial charge on any atom is 0.224 e. The first kappa shape index (κ1) is 14.5. The Bertz CT molecular complexity index is 396. The smallest absolute Gasteiger partial charge is 0.224 e. The maximum absolute atomic E-state index is 11.6. The van der Waals surface area contributed by atoms with E-state index in [0.717, 1.165) is 17.3 Å². The summed E-state index contributed by atoms with van der Waals surface area (Å²) in [5.74, 6) is -0.0198. The van der Waals surface area contributed by atoms with E-state index in [-0.39, 0.29) is 11.9 Å². The minimum atomic E-state index is -0.0198. The van der Waals surface area contributed by atoms with Crippen LogP contribution in [0.2, 0.25) is 5.02 Å². The third-order valence-corrected chi connectivity index (χ3v) is 3.19. The summed E-state index contributed by atoms with van der Waals surface area (Å²) in [5, 5.41) is 3.41. The molecule has 1 aromatic carbocycles. The van der Waals surface area contributed by atoms with Gasteiger partial charge in [0.25, 0.3) is 0 Å². The second-order valence-electron chi connectivity index (χ2n) is 4.04. The molecule has 1 unspecified atom stereocenters. The van der Waals surface area contributed by atoms with Crippen LogP contribution in [0.25, 0.3) is 0 Å². The summed E-state index contributed by atoms with van der Waals surface area (Å²) in [6, 6.07) is 5.42. The number of anilines is 1. The second kappa shape index (κ2) is 6.99. The molecule has 17 heavy (non-hydrogen) atoms. The molecule has 1 aromatic rings. The van der Waals surface area contributed by atoms with Crippen LogP contribution in [0.3, 0.4) is 0 Å². The molecule has 5 heteroatoms. The fourth-order valence-corrected chi connectivity index (χ4v) is 1.91. The van der Waals surface area contributed by atoms with Crippen LogP contribution in [0.5, 0.6) is 0 Å². The number of benzene rings is 1. The Morgan fingerprint density at radius 3 is 2.94 bits per heavy atom. The van der Waals surface area contributed by atoms with Crippen LogP contribution in [0.15, 0.2) is 22.7 Å². The first-order valence-corrected chi connectivity index (χ1v) is 6.66. The van der Waals surface area contributed by atoms with Crippen molar-refractivity contribution in [3.8, 4) is 0 Å². The van der Waals surface area contributed by atoms with Gasteiger partial charge in [0.1, 0.15) is 0 Å². The van der Waals surface area contributed by atoms with Crippen molar-refractivity contribution in [3.63, 3.8) is 0 Å². The van der Waals surface area contributed by atoms with Crippen molar-refractivity contribution >= 4 is 39.1 Å². The zero-order valence-electron chi connectivity index (χ0n) is 9.67. The van der Waals surface area contributed by atoms with Gasteiger partial charge in [0.15, 0.2) is 0 Å². The molecule has 0 saturated heterocycles. The molecule has 0 bridgehead atoms. The zero-order chi connectivity index (χ0) is 12.8. The van der Waals surface area contributed by atoms with Gasteiger partial charge in [0, 0.05) is 22.0 Å². The third kappa shape index (κ3) is 5.52. The molecule has 0 spiro atoms. The largest absolute Gasteiger partial charge is 0.328 e. The summed E-state index contributed by atoms with van der Waals surface area (Å²) in [5.41, 5.74) is 6.32. The van der Waals surface area contributed by atoms with E-state index in [4.69, 9.17) is 17.3 Å². The van der Waals surface area contributed by atoms with Crippen LogP contribution in [-0.2, 0) is 4.79 Å². The molecule has 1 rings (SSSR count). The molecule has 0 aliphatic heterocycles. The number of amides is 1. The Kier molecular flexibility index (Phi) is 5.95. The monoisotopic (exact) mass is 318 g/mol. The van der Waals surface area contributed by atoms with E-state index in [1.54, 1.807) is 18.2 Å². The highest BCUT2D eigenvalue weighted by Gasteiger charge is 2.06. The summed E-state index contributed by atoms with van der Waals surface area (Å²) >= 11 is 9.21. The molecule has 0 heterocycles. The van der Waals surface area contributed by atoms with E-state index >= 15 is 0 Å². The van der Waals surface area contributed by atoms with Crippen LogP contribution in [0.4, 0.5) is 5.69 Å². The quantitative estimate of drug-likeness (QED) is 0.872. The lowest BCUT2D eigenvalue weighted by molar-refractivity contribution is -0.116. The number of halogens is 2. The van der Waals surface area contributed by atoms with Crippen LogP contribution in [0, 0.1) is 0 Å². The van der Waals surface area contributed by atoms with E-state index < -0.39 is 0 Å². The first-order valence-electron chi connectivity index (χ1n) is 5.49. The Morgan fingerprint density at radius 1 is 1.59 bits per heavy atom. The van der Waals surface area contributed by atoms with Crippen molar-refractivity contribution in [2.75, 3.05) is 5.32 Å². The number of hydrogen-bond donors (Lipinski definition) is 2. The topological polar surface area (TPSA) is 55.1 Å². The Balaban J connectivity index is 2.47. The molecule has 94 valence electrons. The lowest BCUT2D eigenvalue weighted by Crippen LogP contribution is -2.17. The van der Waals surface area contributed by atoms with E-state index in [1.165, 1.54) is 0 Å². The highest BCUT2D eigenvalue weighted by atomic mass is 79.9. The highest BCUT2D eigenvalue weighted by molar-refractivity contribution is 9.10. The average molecular weight is 320 g/mol. The summed E-state index contributed by atoms with van der Waals surface area (Å²) in [4.78, 5) is 11.6. The minimum Gasteiger partial charge on any atom is -0.328 e. The molecule has 3 N–H and O–H groups in total. The molecule has 1 atom stereocenters. The van der Waals surface area contributed by atoms with Gasteiger partial charge in [-0.25, -0.2) is 0 Å². The summed E-state index contributed by atoms with van der Waals surface area (Å²) in [6.45, 7) is 1.94. The number of nitrogens with two attached hydrogens (primary N) is 1. The van der Waals surface area contributed by atoms with Gasteiger partial charge in [0.2, 0.25) is 5.91 Å². The Morgan fingerprint density at radius 2 is 2.29 bits per heavy atom. The van der Waals surface area contributed by atoms with Gasteiger partial charge in [-0.3, -0.25) is 4.79 Å². The molecule has 0 aromatic heterocycles. The zero-order valence-corrected chi connectivity index (χ0v) is 12.0. The number of hydrogen-bond acceptors (Lipinski definition) is 2. The van der Waals surface area contributed by atoms with Crippen molar-refractivity contribution in [3.05, 3.63) is 27.7 Å². The molecule has 0 aliphatic carbocycles. The lowest BCUT2D eigenvalue weighted by atomic mass is 10.1. The van der Waals surface area contributed by atoms with Crippen LogP contribution >= 0.6 is 27.5 Å². The maximum atomic E-state index is 11.6. The summed E-state index contributed by atoms with van der Waals surface area (Å²) in [7, 11) is 0. The SMILES string of the molecule is CC(N)CCCC(=O)Nc1cc(Cl)ccc1Br. The van der Waals surface area contributed by atoms with Crippen molar-refractivity contribution in [1.82, 2.24) is 0 Å². The standard InChI is InChI=1S/C12H16BrClN2O/c1-8(15)3-2-4-12(17)16-11-7-9(14)5-6-10(11)13/h5-8H,2-4,15H2,1H3,(H,16,17). The third-order valence-electron chi connectivity index (χ3n) is 2.27. The fourth-order valence-electron chi connectivity index (χ4n) is 1.39. The highest BCUT2D eigenvalue weighted by Crippen LogP contribution is 2.26. The lowest BCUT2D eigenvalue weighted by Gasteiger charge is -2.08. The molecular weight excluding hydrogens is 304 g/mol. The summed E-state index contributed by atoms with van der Waals surface area (Å²) < 4.78 is 0.822. The van der Waals surface area contributed by atoms with Crippen molar-refractivity contribution < 1.29 is 4.79 Å². The molecule has 0 saturated carbocycles. The van der Waals surface area contributed by atoms with Crippen LogP contribution in [-0.4, -0.2) is 11.9 Å². The van der Waals surface area contributed by atoms with Gasteiger partial charge in [-0.2, -0.15) is 0 Å². The average Bonchev–Trinajstić information content (AvgIpc) is 2.23. The summed E-state index contributed by atoms with van der Waals surface area (Å²) in [6.07, 6.45) is 2.12. The van der Waals surface area contributed by atoms with E-state index in [2.05, 4.69) is 21.2 Å². The molecule has 1 amide bonds. The number of carbonyl (C=O) groups is 1.